The minimum atomic E-state index is -0.454. The molecule has 15 aliphatic carbocycles. The molecule has 6 aromatic carbocycles. The van der Waals surface area contributed by atoms with E-state index in [1.165, 1.54) is 184 Å². The van der Waals surface area contributed by atoms with Gasteiger partial charge in [0.05, 0.1) is 29.4 Å². The van der Waals surface area contributed by atoms with E-state index < -0.39 is 11.7 Å². The number of hydrogen-bond acceptors (Lipinski definition) is 15. The van der Waals surface area contributed by atoms with Gasteiger partial charge in [-0.05, 0) is 382 Å². The van der Waals surface area contributed by atoms with E-state index in [2.05, 4.69) is 253 Å². The fraction of sp³-hybridized carbons (Fsp3) is 0.579. The van der Waals surface area contributed by atoms with Crippen molar-refractivity contribution in [3.8, 4) is 33.4 Å². The van der Waals surface area contributed by atoms with E-state index in [1.807, 2.05) is 36.7 Å². The average molecular weight is 2150 g/mol. The van der Waals surface area contributed by atoms with Gasteiger partial charge in [-0.1, -0.05) is 235 Å². The molecule has 3 aromatic heterocycles. The zero-order valence-electron chi connectivity index (χ0n) is 85.4. The zero-order valence-corrected chi connectivity index (χ0v) is 90.9. The van der Waals surface area contributed by atoms with Gasteiger partial charge in [0.15, 0.2) is 0 Å². The molecule has 2 N–H and O–H groups in total. The number of alkyl halides is 3. The van der Waals surface area contributed by atoms with Gasteiger partial charge < -0.3 is 28.8 Å². The number of aromatic amines is 1. The van der Waals surface area contributed by atoms with Crippen LogP contribution in [0.5, 0.6) is 0 Å². The molecule has 9 fully saturated rings. The largest absolute Gasteiger partial charge is 0.465 e. The summed E-state index contributed by atoms with van der Waals surface area (Å²) in [6.45, 7) is 23.9. The molecule has 0 amide bonds. The van der Waals surface area contributed by atoms with Gasteiger partial charge in [0.1, 0.15) is 31.0 Å². The molecular formula is C121H146Br3ClN6O12. The van der Waals surface area contributed by atoms with Crippen molar-refractivity contribution in [1.82, 2.24) is 29.8 Å². The highest BCUT2D eigenvalue weighted by molar-refractivity contribution is 9.09. The Morgan fingerprint density at radius 3 is 1.22 bits per heavy atom. The van der Waals surface area contributed by atoms with E-state index in [9.17, 15) is 33.9 Å². The van der Waals surface area contributed by atoms with Crippen LogP contribution >= 0.6 is 59.4 Å². The molecule has 143 heavy (non-hydrogen) atoms. The second-order valence-electron chi connectivity index (χ2n) is 47.6. The van der Waals surface area contributed by atoms with Crippen molar-refractivity contribution in [3.05, 3.63) is 231 Å². The molecule has 0 saturated heterocycles. The molecule has 3 heterocycles. The molecule has 24 rings (SSSR count). The van der Waals surface area contributed by atoms with Gasteiger partial charge >= 0.3 is 30.1 Å². The summed E-state index contributed by atoms with van der Waals surface area (Å²) in [5.74, 6) is 7.96. The number of fused-ring (bicyclic) bond motifs is 27. The lowest BCUT2D eigenvalue weighted by molar-refractivity contribution is -0.184. The Hall–Kier alpha value is -8.34. The number of carbonyl (C=O) groups excluding carboxylic acids is 6. The van der Waals surface area contributed by atoms with Gasteiger partial charge in [0.2, 0.25) is 5.24 Å². The van der Waals surface area contributed by atoms with Crippen LogP contribution in [0.2, 0.25) is 0 Å². The van der Waals surface area contributed by atoms with Crippen molar-refractivity contribution in [2.24, 2.45) is 104 Å². The third-order valence-electron chi connectivity index (χ3n) is 41.2. The third-order valence-corrected chi connectivity index (χ3v) is 43.0. The number of esters is 3. The van der Waals surface area contributed by atoms with Crippen LogP contribution < -0.4 is 0 Å². The molecule has 9 saturated carbocycles. The van der Waals surface area contributed by atoms with Crippen molar-refractivity contribution < 1.29 is 57.6 Å². The molecule has 0 radical (unpaired) electrons. The van der Waals surface area contributed by atoms with Crippen LogP contribution in [0.1, 0.15) is 308 Å². The van der Waals surface area contributed by atoms with Gasteiger partial charge in [-0.15, -0.1) is 0 Å². The molecule has 0 aliphatic heterocycles. The smallest absolute Gasteiger partial charge is 0.434 e. The van der Waals surface area contributed by atoms with Crippen LogP contribution in [-0.2, 0) is 81.4 Å². The van der Waals surface area contributed by atoms with Crippen LogP contribution in [0.3, 0.4) is 0 Å². The predicted molar refractivity (Wildman–Crippen MR) is 570 cm³/mol. The third kappa shape index (κ3) is 18.2. The van der Waals surface area contributed by atoms with E-state index in [4.69, 9.17) is 40.4 Å². The van der Waals surface area contributed by atoms with Gasteiger partial charge in [-0.25, -0.2) is 9.59 Å². The number of H-pyrrole nitrogens is 1. The molecule has 0 spiro atoms. The summed E-state index contributed by atoms with van der Waals surface area (Å²) < 4.78 is 32.9. The Balaban J connectivity index is 0.000000121. The second-order valence-corrected chi connectivity index (χ2v) is 50.4. The van der Waals surface area contributed by atoms with E-state index in [1.54, 1.807) is 4.68 Å². The standard InChI is InChI=1S/2C40H47BrN2O4.C21H32N2O.C16H14O2.C4H6BrClO/c1-38-22-25-23-43(37(45)46-24-32-29-11-6-4-9-27(29)28-10-5-7-12-30(28)32)42-35(25)21-26(38)14-15-31-33(38)16-18-39(2)34(31)17-19-40(39,3)47-36(44)13-8-20-41;1-38-22-25-23-42-43(37(45)46-24-32-29-11-6-4-9-27(29)28-10-5-7-12-30(28)32)35(25)21-26(38)14-15-31-33(38)16-18-39(2)34(31)17-19-40(39,3)47-36(44)13-8-20-41;1-19-11-13-12-22-23-18(13)10-14(19)4-5-15-16(19)6-8-20(2)17(15)7-9-21(20,3)24;1-11(17)18-10-16-14-8-4-2-6-12(14)13-7-3-5-9-15(13)16;5-3-1-2-4(6)7/h2*4-7,9-12,23,26,31-34H,8,13-22,24H2,1-3H3;12,14-17,24H,4-11H2,1-3H3,(H,22,23);2-9,16H,10H2,1H3;1-3H2/t2*26?,31?,33?,34?,38-,39-,40-;14?,15?,16?,17?,19-,20-,21-;;/m000../s1. The lowest BCUT2D eigenvalue weighted by Crippen LogP contribution is -2.57. The Kier molecular flexibility index (Phi) is 28.9. The summed E-state index contributed by atoms with van der Waals surface area (Å²) in [5.41, 5.74) is 22.0. The number of benzene rings is 6. The van der Waals surface area contributed by atoms with Crippen LogP contribution in [0.4, 0.5) is 9.59 Å². The fourth-order valence-corrected chi connectivity index (χ4v) is 34.0. The number of aromatic nitrogens is 6. The van der Waals surface area contributed by atoms with E-state index in [0.29, 0.717) is 91.8 Å². The van der Waals surface area contributed by atoms with Crippen molar-refractivity contribution in [2.75, 3.05) is 35.8 Å². The number of rotatable bonds is 17. The highest BCUT2D eigenvalue weighted by atomic mass is 79.9. The Bertz CT molecular complexity index is 6050. The van der Waals surface area contributed by atoms with Crippen LogP contribution in [-0.4, -0.2) is 123 Å². The first-order valence-electron chi connectivity index (χ1n) is 53.9. The lowest BCUT2D eigenvalue weighted by Gasteiger charge is -2.61. The highest BCUT2D eigenvalue weighted by Gasteiger charge is 2.69. The number of ether oxygens (including phenoxy) is 5. The number of nitrogens with one attached hydrogen (secondary N) is 1. The number of carbonyl (C=O) groups is 6. The SMILES string of the molecule is CC(=O)OCC1c2ccccc2-c2ccccc21.C[C@]12Cc3cn(C(=O)OCC4c5ccccc5-c5ccccc54)nc3CC1CCC1C2CC[C@@]2(C)C1CC[C@]2(C)OC(=O)CCCBr.C[C@]12Cc3cn[nH]c3CC1CCC1C2CC[C@@]2(C)C1CC[C@]2(C)O.C[C@]12Cc3cnn(C(=O)OCC4c5ccccc5-c5ccccc54)c3CC1CCC1C2CC[C@@]2(C)C1CC[C@]2(C)OC(=O)CCCBr.O=C(Cl)CCCBr. The molecule has 0 bridgehead atoms. The monoisotopic (exact) mass is 2150 g/mol. The first-order valence-corrected chi connectivity index (χ1v) is 57.6. The first kappa shape index (κ1) is 102. The molecule has 21 atom stereocenters. The maximum Gasteiger partial charge on any atom is 0.434 e. The predicted octanol–water partition coefficient (Wildman–Crippen LogP) is 27.6. The number of halogens is 4. The maximum absolute atomic E-state index is 13.6. The van der Waals surface area contributed by atoms with Crippen LogP contribution in [0.15, 0.2) is 164 Å². The fourth-order valence-electron chi connectivity index (χ4n) is 33.1. The number of aliphatic hydroxyl groups is 1. The van der Waals surface area contributed by atoms with Crippen molar-refractivity contribution in [1.29, 1.82) is 0 Å². The molecule has 760 valence electrons. The van der Waals surface area contributed by atoms with Crippen LogP contribution in [0, 0.1) is 104 Å². The molecule has 9 aromatic rings. The van der Waals surface area contributed by atoms with Crippen molar-refractivity contribution in [2.45, 2.75) is 296 Å². The van der Waals surface area contributed by atoms with Crippen LogP contribution in [0.25, 0.3) is 33.4 Å². The van der Waals surface area contributed by atoms with Gasteiger partial charge in [0.25, 0.3) is 0 Å². The van der Waals surface area contributed by atoms with Gasteiger partial charge in [0, 0.05) is 82.7 Å². The average Bonchev–Trinajstić information content (AvgIpc) is 1.58. The molecular weight excluding hydrogens is 2000 g/mol. The van der Waals surface area contributed by atoms with E-state index in [-0.39, 0.29) is 85.3 Å². The highest BCUT2D eigenvalue weighted by Crippen LogP contribution is 2.73. The van der Waals surface area contributed by atoms with Crippen molar-refractivity contribution >= 4 is 94.7 Å². The lowest BCUT2D eigenvalue weighted by atomic mass is 9.44. The summed E-state index contributed by atoms with van der Waals surface area (Å²) >= 11 is 15.1. The molecule has 22 heteroatoms. The number of hydrogen-bond donors (Lipinski definition) is 2. The summed E-state index contributed by atoms with van der Waals surface area (Å²) in [6, 6.07) is 50.4. The Morgan fingerprint density at radius 1 is 0.420 bits per heavy atom. The summed E-state index contributed by atoms with van der Waals surface area (Å²) in [6.07, 6.45) is 36.4. The summed E-state index contributed by atoms with van der Waals surface area (Å²) in [5, 5.41) is 30.3. The maximum atomic E-state index is 13.6. The minimum Gasteiger partial charge on any atom is -0.465 e. The summed E-state index contributed by atoms with van der Waals surface area (Å²) in [7, 11) is 0. The Morgan fingerprint density at radius 2 is 0.790 bits per heavy atom. The second kappa shape index (κ2) is 40.6. The quantitative estimate of drug-likeness (QED) is 0.0373. The van der Waals surface area contributed by atoms with Crippen molar-refractivity contribution in [3.63, 3.8) is 0 Å². The van der Waals surface area contributed by atoms with Gasteiger partial charge in [-0.2, -0.15) is 24.7 Å². The van der Waals surface area contributed by atoms with E-state index >= 15 is 0 Å². The van der Waals surface area contributed by atoms with E-state index in [0.717, 1.165) is 141 Å². The number of nitrogens with zero attached hydrogens (tertiary/aromatic N) is 5. The summed E-state index contributed by atoms with van der Waals surface area (Å²) in [4.78, 5) is 73.6. The topological polar surface area (TPSA) is 233 Å². The molecule has 18 nitrogen and oxygen atoms in total. The first-order chi connectivity index (χ1) is 68.7. The molecule has 15 aliphatic rings. The minimum absolute atomic E-state index is 0.0240. The zero-order chi connectivity index (χ0) is 100. The van der Waals surface area contributed by atoms with Gasteiger partial charge in [-0.3, -0.25) is 24.3 Å². The Labute approximate surface area is 875 Å². The molecule has 12 unspecified atom stereocenters. The normalized spacial score (nSPS) is 33.0.